The number of aromatic hydroxyl groups is 1. The smallest absolute Gasteiger partial charge is 0.257 e. The molecule has 1 heterocycles. The second-order valence-electron chi connectivity index (χ2n) is 7.40. The fraction of sp³-hybridized carbons (Fsp3) is 0.192. The summed E-state index contributed by atoms with van der Waals surface area (Å²) in [6.07, 6.45) is 1.86. The summed E-state index contributed by atoms with van der Waals surface area (Å²) in [6, 6.07) is 17.8. The first-order valence-electron chi connectivity index (χ1n) is 10.3. The molecule has 1 N–H and O–H groups in total. The number of rotatable bonds is 7. The Morgan fingerprint density at radius 1 is 0.818 bits per heavy atom. The molecule has 1 saturated heterocycles. The first-order valence-corrected chi connectivity index (χ1v) is 10.3. The molecule has 7 nitrogen and oxygen atoms in total. The van der Waals surface area contributed by atoms with Gasteiger partial charge in [0.15, 0.2) is 23.0 Å². The van der Waals surface area contributed by atoms with Crippen molar-refractivity contribution in [3.8, 4) is 28.7 Å². The van der Waals surface area contributed by atoms with Crippen molar-refractivity contribution in [3.63, 3.8) is 0 Å². The van der Waals surface area contributed by atoms with Crippen molar-refractivity contribution in [2.45, 2.75) is 6.04 Å². The standard InChI is InChI=1S/C26H25NO6/c1-30-21-11-10-17(13-20(21)28)24-19(12-16-8-6-5-7-9-16)26(29)27(24)18-14-22(31-2)25(33-4)23(15-18)32-3/h5-15,24,28H,1-4H3/b19-12-/t24-/m0/s1. The van der Waals surface area contributed by atoms with Crippen molar-refractivity contribution in [2.24, 2.45) is 0 Å². The van der Waals surface area contributed by atoms with Gasteiger partial charge in [0, 0.05) is 17.7 Å². The zero-order valence-corrected chi connectivity index (χ0v) is 18.9. The minimum atomic E-state index is -0.433. The summed E-state index contributed by atoms with van der Waals surface area (Å²) in [7, 11) is 6.07. The average molecular weight is 447 g/mol. The van der Waals surface area contributed by atoms with E-state index in [-0.39, 0.29) is 11.7 Å². The van der Waals surface area contributed by atoms with Crippen molar-refractivity contribution < 1.29 is 28.8 Å². The third-order valence-corrected chi connectivity index (χ3v) is 5.59. The lowest BCUT2D eigenvalue weighted by Gasteiger charge is -2.43. The molecule has 0 unspecified atom stereocenters. The van der Waals surface area contributed by atoms with Gasteiger partial charge >= 0.3 is 0 Å². The molecule has 4 rings (SSSR count). The SMILES string of the molecule is COc1ccc([C@H]2/C(=C/c3ccccc3)C(=O)N2c2cc(OC)c(OC)c(OC)c2)cc1O. The largest absolute Gasteiger partial charge is 0.504 e. The van der Waals surface area contributed by atoms with Crippen molar-refractivity contribution >= 4 is 17.7 Å². The Labute approximate surface area is 192 Å². The molecule has 33 heavy (non-hydrogen) atoms. The van der Waals surface area contributed by atoms with Gasteiger partial charge in [-0.2, -0.15) is 0 Å². The van der Waals surface area contributed by atoms with Crippen molar-refractivity contribution in [3.05, 3.63) is 77.4 Å². The molecular weight excluding hydrogens is 422 g/mol. The molecule has 1 aliphatic rings. The zero-order chi connectivity index (χ0) is 23.5. The number of ether oxygens (including phenoxy) is 4. The van der Waals surface area contributed by atoms with E-state index < -0.39 is 6.04 Å². The molecule has 1 aliphatic heterocycles. The molecule has 1 amide bonds. The number of amides is 1. The number of phenols is 1. The van der Waals surface area contributed by atoms with Crippen LogP contribution >= 0.6 is 0 Å². The van der Waals surface area contributed by atoms with Crippen LogP contribution in [0.1, 0.15) is 17.2 Å². The second kappa shape index (κ2) is 9.16. The number of anilines is 1. The van der Waals surface area contributed by atoms with E-state index in [1.54, 1.807) is 29.2 Å². The molecule has 7 heteroatoms. The number of phenolic OH excluding ortho intramolecular Hbond substituents is 1. The first kappa shape index (κ1) is 22.1. The maximum absolute atomic E-state index is 13.4. The lowest BCUT2D eigenvalue weighted by Crippen LogP contribution is -2.49. The van der Waals surface area contributed by atoms with Crippen LogP contribution < -0.4 is 23.8 Å². The van der Waals surface area contributed by atoms with Gasteiger partial charge in [0.1, 0.15) is 0 Å². The maximum Gasteiger partial charge on any atom is 0.257 e. The van der Waals surface area contributed by atoms with Gasteiger partial charge in [-0.1, -0.05) is 36.4 Å². The van der Waals surface area contributed by atoms with Crippen LogP contribution in [-0.4, -0.2) is 39.5 Å². The van der Waals surface area contributed by atoms with Gasteiger partial charge in [0.2, 0.25) is 5.75 Å². The van der Waals surface area contributed by atoms with Gasteiger partial charge in [-0.05, 0) is 29.3 Å². The molecule has 0 aromatic heterocycles. The van der Waals surface area contributed by atoms with E-state index in [9.17, 15) is 9.90 Å². The Bertz CT molecular complexity index is 1180. The Morgan fingerprint density at radius 2 is 1.45 bits per heavy atom. The normalized spacial score (nSPS) is 16.4. The highest BCUT2D eigenvalue weighted by molar-refractivity contribution is 6.18. The lowest BCUT2D eigenvalue weighted by molar-refractivity contribution is -0.118. The van der Waals surface area contributed by atoms with Crippen LogP contribution in [0.2, 0.25) is 0 Å². The van der Waals surface area contributed by atoms with Gasteiger partial charge in [-0.25, -0.2) is 0 Å². The highest BCUT2D eigenvalue weighted by atomic mass is 16.5. The summed E-state index contributed by atoms with van der Waals surface area (Å²) in [5, 5.41) is 10.4. The molecule has 0 radical (unpaired) electrons. The van der Waals surface area contributed by atoms with E-state index in [1.807, 2.05) is 42.5 Å². The summed E-state index contributed by atoms with van der Waals surface area (Å²) in [4.78, 5) is 15.0. The van der Waals surface area contributed by atoms with E-state index in [2.05, 4.69) is 0 Å². The predicted octanol–water partition coefficient (Wildman–Crippen LogP) is 4.60. The minimum Gasteiger partial charge on any atom is -0.504 e. The predicted molar refractivity (Wildman–Crippen MR) is 125 cm³/mol. The number of nitrogens with zero attached hydrogens (tertiary/aromatic N) is 1. The third kappa shape index (κ3) is 3.93. The van der Waals surface area contributed by atoms with Gasteiger partial charge in [0.25, 0.3) is 5.91 Å². The number of benzene rings is 3. The molecule has 1 atom stereocenters. The second-order valence-corrected chi connectivity index (χ2v) is 7.40. The number of hydrogen-bond acceptors (Lipinski definition) is 6. The highest BCUT2D eigenvalue weighted by Crippen LogP contribution is 2.49. The third-order valence-electron chi connectivity index (χ3n) is 5.59. The summed E-state index contributed by atoms with van der Waals surface area (Å²) in [5.41, 5.74) is 2.83. The molecular formula is C26H25NO6. The summed E-state index contributed by atoms with van der Waals surface area (Å²) < 4.78 is 21.5. The van der Waals surface area contributed by atoms with Crippen LogP contribution in [0.5, 0.6) is 28.7 Å². The van der Waals surface area contributed by atoms with E-state index in [0.717, 1.165) is 11.1 Å². The van der Waals surface area contributed by atoms with Gasteiger partial charge in [0.05, 0.1) is 40.2 Å². The van der Waals surface area contributed by atoms with Crippen molar-refractivity contribution in [1.29, 1.82) is 0 Å². The molecule has 1 fully saturated rings. The molecule has 170 valence electrons. The fourth-order valence-corrected chi connectivity index (χ4v) is 3.99. The Hall–Kier alpha value is -4.13. The molecule has 0 bridgehead atoms. The number of carbonyl (C=O) groups excluding carboxylic acids is 1. The number of hydrogen-bond donors (Lipinski definition) is 1. The van der Waals surface area contributed by atoms with Gasteiger partial charge in [-0.3, -0.25) is 9.69 Å². The van der Waals surface area contributed by atoms with Gasteiger partial charge in [-0.15, -0.1) is 0 Å². The van der Waals surface area contributed by atoms with Crippen LogP contribution in [0.4, 0.5) is 5.69 Å². The summed E-state index contributed by atoms with van der Waals surface area (Å²) in [6.45, 7) is 0. The zero-order valence-electron chi connectivity index (χ0n) is 18.9. The van der Waals surface area contributed by atoms with Crippen LogP contribution in [0.25, 0.3) is 6.08 Å². The average Bonchev–Trinajstić information content (AvgIpc) is 2.85. The molecule has 0 saturated carbocycles. The summed E-state index contributed by atoms with van der Waals surface area (Å²) in [5.74, 6) is 1.52. The number of β-lactam (4-membered cyclic amide) rings is 1. The van der Waals surface area contributed by atoms with Crippen LogP contribution in [0.3, 0.4) is 0 Å². The topological polar surface area (TPSA) is 77.5 Å². The Morgan fingerprint density at radius 3 is 2.00 bits per heavy atom. The number of methoxy groups -OCH3 is 4. The molecule has 3 aromatic rings. The van der Waals surface area contributed by atoms with E-state index >= 15 is 0 Å². The van der Waals surface area contributed by atoms with Crippen LogP contribution in [0.15, 0.2) is 66.2 Å². The van der Waals surface area contributed by atoms with Gasteiger partial charge < -0.3 is 24.1 Å². The maximum atomic E-state index is 13.4. The summed E-state index contributed by atoms with van der Waals surface area (Å²) >= 11 is 0. The fourth-order valence-electron chi connectivity index (χ4n) is 3.99. The monoisotopic (exact) mass is 447 g/mol. The van der Waals surface area contributed by atoms with Crippen LogP contribution in [-0.2, 0) is 4.79 Å². The van der Waals surface area contributed by atoms with E-state index in [0.29, 0.717) is 34.3 Å². The van der Waals surface area contributed by atoms with E-state index in [1.165, 1.54) is 28.4 Å². The Balaban J connectivity index is 1.85. The van der Waals surface area contributed by atoms with Crippen molar-refractivity contribution in [1.82, 2.24) is 0 Å². The number of carbonyl (C=O) groups is 1. The molecule has 3 aromatic carbocycles. The molecule has 0 aliphatic carbocycles. The molecule has 0 spiro atoms. The van der Waals surface area contributed by atoms with Crippen molar-refractivity contribution in [2.75, 3.05) is 33.3 Å². The first-order chi connectivity index (χ1) is 16.0. The minimum absolute atomic E-state index is 0.00162. The van der Waals surface area contributed by atoms with E-state index in [4.69, 9.17) is 18.9 Å². The lowest BCUT2D eigenvalue weighted by atomic mass is 9.85. The highest BCUT2D eigenvalue weighted by Gasteiger charge is 2.44. The Kier molecular flexibility index (Phi) is 6.13. The van der Waals surface area contributed by atoms with Crippen LogP contribution in [0, 0.1) is 0 Å². The quantitative estimate of drug-likeness (QED) is 0.421.